The fraction of sp³-hybridized carbons (Fsp3) is 0.444. The highest BCUT2D eigenvalue weighted by Gasteiger charge is 2.22. The summed E-state index contributed by atoms with van der Waals surface area (Å²) in [5, 5.41) is 10.9. The van der Waals surface area contributed by atoms with Crippen LogP contribution in [0.5, 0.6) is 0 Å². The van der Waals surface area contributed by atoms with Crippen molar-refractivity contribution in [2.45, 2.75) is 25.9 Å². The van der Waals surface area contributed by atoms with Gasteiger partial charge in [0.05, 0.1) is 12.2 Å². The van der Waals surface area contributed by atoms with Crippen molar-refractivity contribution in [3.8, 4) is 0 Å². The molecular formula is C18H27IN6. The SMILES string of the molecule is CN=C(NCc1ccnn1C)NCC(C)N1CCc2ccccc21.I. The van der Waals surface area contributed by atoms with Gasteiger partial charge in [0.1, 0.15) is 0 Å². The molecule has 0 aliphatic carbocycles. The summed E-state index contributed by atoms with van der Waals surface area (Å²) in [7, 11) is 3.74. The second kappa shape index (κ2) is 9.07. The Morgan fingerprint density at radius 3 is 2.80 bits per heavy atom. The predicted molar refractivity (Wildman–Crippen MR) is 114 cm³/mol. The molecular weight excluding hydrogens is 427 g/mol. The zero-order chi connectivity index (χ0) is 16.9. The molecule has 1 unspecified atom stereocenters. The molecule has 0 amide bonds. The highest BCUT2D eigenvalue weighted by atomic mass is 127. The first-order chi connectivity index (χ1) is 11.7. The molecule has 0 saturated carbocycles. The standard InChI is InChI=1S/C18H26N6.HI/c1-14(24-11-9-15-6-4-5-7-17(15)24)12-20-18(19-2)21-13-16-8-10-22-23(16)3;/h4-8,10,14H,9,11-13H2,1-3H3,(H2,19,20,21);1H. The van der Waals surface area contributed by atoms with E-state index in [0.29, 0.717) is 12.6 Å². The van der Waals surface area contributed by atoms with Crippen molar-refractivity contribution in [3.05, 3.63) is 47.8 Å². The van der Waals surface area contributed by atoms with E-state index in [4.69, 9.17) is 0 Å². The highest BCUT2D eigenvalue weighted by molar-refractivity contribution is 14.0. The summed E-state index contributed by atoms with van der Waals surface area (Å²) < 4.78 is 1.87. The van der Waals surface area contributed by atoms with E-state index in [1.165, 1.54) is 11.3 Å². The van der Waals surface area contributed by atoms with Crippen LogP contribution in [0.3, 0.4) is 0 Å². The minimum Gasteiger partial charge on any atom is -0.366 e. The largest absolute Gasteiger partial charge is 0.366 e. The van der Waals surface area contributed by atoms with Crippen molar-refractivity contribution in [1.29, 1.82) is 0 Å². The molecule has 2 aromatic rings. The quantitative estimate of drug-likeness (QED) is 0.413. The van der Waals surface area contributed by atoms with Crippen LogP contribution in [-0.4, -0.2) is 41.9 Å². The minimum absolute atomic E-state index is 0. The van der Waals surface area contributed by atoms with Crippen LogP contribution in [0.15, 0.2) is 41.5 Å². The monoisotopic (exact) mass is 454 g/mol. The molecule has 3 rings (SSSR count). The smallest absolute Gasteiger partial charge is 0.191 e. The number of halogens is 1. The Bertz CT molecular complexity index is 711. The molecule has 2 N–H and O–H groups in total. The van der Waals surface area contributed by atoms with Crippen LogP contribution in [0, 0.1) is 0 Å². The molecule has 0 fully saturated rings. The number of rotatable bonds is 5. The van der Waals surface area contributed by atoms with E-state index in [1.54, 1.807) is 13.2 Å². The van der Waals surface area contributed by atoms with Crippen LogP contribution in [0.4, 0.5) is 5.69 Å². The number of anilines is 1. The van der Waals surface area contributed by atoms with Crippen molar-refractivity contribution >= 4 is 35.6 Å². The maximum atomic E-state index is 4.31. The zero-order valence-corrected chi connectivity index (χ0v) is 17.4. The Hall–Kier alpha value is -1.77. The predicted octanol–water partition coefficient (Wildman–Crippen LogP) is 2.15. The summed E-state index contributed by atoms with van der Waals surface area (Å²) in [6.07, 6.45) is 2.94. The van der Waals surface area contributed by atoms with E-state index in [9.17, 15) is 0 Å². The molecule has 7 heteroatoms. The summed E-state index contributed by atoms with van der Waals surface area (Å²) in [6.45, 7) is 4.89. The van der Waals surface area contributed by atoms with Crippen LogP contribution in [0.25, 0.3) is 0 Å². The van der Waals surface area contributed by atoms with Gasteiger partial charge in [-0.15, -0.1) is 24.0 Å². The molecule has 0 radical (unpaired) electrons. The Kier molecular flexibility index (Phi) is 7.10. The molecule has 1 aliphatic rings. The van der Waals surface area contributed by atoms with Crippen molar-refractivity contribution in [2.24, 2.45) is 12.0 Å². The lowest BCUT2D eigenvalue weighted by Gasteiger charge is -2.28. The number of hydrogen-bond donors (Lipinski definition) is 2. The first-order valence-corrected chi connectivity index (χ1v) is 8.45. The van der Waals surface area contributed by atoms with Gasteiger partial charge >= 0.3 is 0 Å². The van der Waals surface area contributed by atoms with Crippen LogP contribution in [0.2, 0.25) is 0 Å². The molecule has 25 heavy (non-hydrogen) atoms. The van der Waals surface area contributed by atoms with Gasteiger partial charge in [-0.1, -0.05) is 18.2 Å². The van der Waals surface area contributed by atoms with E-state index < -0.39 is 0 Å². The van der Waals surface area contributed by atoms with Gasteiger partial charge in [-0.2, -0.15) is 5.10 Å². The first kappa shape index (κ1) is 19.6. The second-order valence-electron chi connectivity index (χ2n) is 6.17. The Morgan fingerprint density at radius 1 is 1.28 bits per heavy atom. The van der Waals surface area contributed by atoms with Crippen LogP contribution in [-0.2, 0) is 20.0 Å². The summed E-state index contributed by atoms with van der Waals surface area (Å²) in [5.41, 5.74) is 3.94. The van der Waals surface area contributed by atoms with E-state index in [2.05, 4.69) is 56.8 Å². The van der Waals surface area contributed by atoms with Crippen LogP contribution in [0.1, 0.15) is 18.2 Å². The molecule has 1 aliphatic heterocycles. The van der Waals surface area contributed by atoms with E-state index in [-0.39, 0.29) is 24.0 Å². The number of fused-ring (bicyclic) bond motifs is 1. The zero-order valence-electron chi connectivity index (χ0n) is 15.1. The maximum Gasteiger partial charge on any atom is 0.191 e. The number of nitrogens with one attached hydrogen (secondary N) is 2. The molecule has 0 spiro atoms. The molecule has 1 aromatic carbocycles. The first-order valence-electron chi connectivity index (χ1n) is 8.45. The van der Waals surface area contributed by atoms with E-state index >= 15 is 0 Å². The molecule has 0 bridgehead atoms. The number of nitrogens with zero attached hydrogens (tertiary/aromatic N) is 4. The minimum atomic E-state index is 0. The molecule has 0 saturated heterocycles. The van der Waals surface area contributed by atoms with E-state index in [0.717, 1.165) is 31.2 Å². The number of aromatic nitrogens is 2. The number of para-hydroxylation sites is 1. The Morgan fingerprint density at radius 2 is 2.08 bits per heavy atom. The number of aryl methyl sites for hydroxylation is 1. The fourth-order valence-corrected chi connectivity index (χ4v) is 3.15. The number of hydrogen-bond acceptors (Lipinski definition) is 3. The average Bonchev–Trinajstić information content (AvgIpc) is 3.21. The van der Waals surface area contributed by atoms with Gasteiger partial charge in [0.2, 0.25) is 0 Å². The molecule has 6 nitrogen and oxygen atoms in total. The van der Waals surface area contributed by atoms with Crippen LogP contribution < -0.4 is 15.5 Å². The summed E-state index contributed by atoms with van der Waals surface area (Å²) >= 11 is 0. The lowest BCUT2D eigenvalue weighted by atomic mass is 10.2. The van der Waals surface area contributed by atoms with Gasteiger partial charge in [-0.3, -0.25) is 9.67 Å². The molecule has 1 atom stereocenters. The van der Waals surface area contributed by atoms with Gasteiger partial charge < -0.3 is 15.5 Å². The third-order valence-corrected chi connectivity index (χ3v) is 4.60. The van der Waals surface area contributed by atoms with Gasteiger partial charge in [0.15, 0.2) is 5.96 Å². The average molecular weight is 454 g/mol. The van der Waals surface area contributed by atoms with Gasteiger partial charge in [-0.05, 0) is 31.0 Å². The molecule has 1 aromatic heterocycles. The second-order valence-corrected chi connectivity index (χ2v) is 6.17. The van der Waals surface area contributed by atoms with Crippen molar-refractivity contribution in [1.82, 2.24) is 20.4 Å². The maximum absolute atomic E-state index is 4.31. The lowest BCUT2D eigenvalue weighted by molar-refractivity contribution is 0.621. The molecule has 136 valence electrons. The van der Waals surface area contributed by atoms with Crippen molar-refractivity contribution in [2.75, 3.05) is 25.0 Å². The fourth-order valence-electron chi connectivity index (χ4n) is 3.15. The normalized spacial score (nSPS) is 14.7. The summed E-state index contributed by atoms with van der Waals surface area (Å²) in [5.74, 6) is 0.815. The highest BCUT2D eigenvalue weighted by Crippen LogP contribution is 2.28. The third kappa shape index (κ3) is 4.65. The Labute approximate surface area is 166 Å². The van der Waals surface area contributed by atoms with Crippen molar-refractivity contribution < 1.29 is 0 Å². The third-order valence-electron chi connectivity index (χ3n) is 4.60. The van der Waals surface area contributed by atoms with Crippen LogP contribution >= 0.6 is 24.0 Å². The van der Waals surface area contributed by atoms with Gasteiger partial charge in [0, 0.05) is 45.1 Å². The number of guanidine groups is 1. The van der Waals surface area contributed by atoms with Gasteiger partial charge in [-0.25, -0.2) is 0 Å². The number of benzene rings is 1. The lowest BCUT2D eigenvalue weighted by Crippen LogP contribution is -2.45. The summed E-state index contributed by atoms with van der Waals surface area (Å²) in [4.78, 5) is 6.78. The van der Waals surface area contributed by atoms with Crippen molar-refractivity contribution in [3.63, 3.8) is 0 Å². The van der Waals surface area contributed by atoms with E-state index in [1.807, 2.05) is 17.8 Å². The Balaban J connectivity index is 0.00000225. The number of aliphatic imine (C=N–C) groups is 1. The molecule has 2 heterocycles. The summed E-state index contributed by atoms with van der Waals surface area (Å²) in [6, 6.07) is 11.1. The topological polar surface area (TPSA) is 57.5 Å². The van der Waals surface area contributed by atoms with Gasteiger partial charge in [0.25, 0.3) is 0 Å².